The average Bonchev–Trinajstić information content (AvgIpc) is 2.74. The van der Waals surface area contributed by atoms with Crippen LogP contribution < -0.4 is 15.1 Å². The molecule has 1 aliphatic heterocycles. The second kappa shape index (κ2) is 8.26. The largest absolute Gasteiger partial charge is 0.366 e. The molecule has 0 atom stereocenters. The van der Waals surface area contributed by atoms with E-state index in [9.17, 15) is 9.18 Å². The van der Waals surface area contributed by atoms with E-state index in [1.165, 1.54) is 6.07 Å². The number of hydrogen-bond donors (Lipinski definition) is 1. The SMILES string of the molecule is Cc1nc(C(=O)Nc2ccccc2)cc(N2CCN(c3ccccc3F)CC2)n1. The lowest BCUT2D eigenvalue weighted by atomic mass is 10.2. The fraction of sp³-hybridized carbons (Fsp3) is 0.227. The molecule has 1 aromatic heterocycles. The number of aryl methyl sites for hydroxylation is 1. The predicted molar refractivity (Wildman–Crippen MR) is 112 cm³/mol. The molecule has 148 valence electrons. The molecule has 4 rings (SSSR count). The summed E-state index contributed by atoms with van der Waals surface area (Å²) in [5.74, 6) is 0.771. The molecular formula is C22H22FN5O. The highest BCUT2D eigenvalue weighted by atomic mass is 19.1. The summed E-state index contributed by atoms with van der Waals surface area (Å²) >= 11 is 0. The van der Waals surface area contributed by atoms with Gasteiger partial charge in [-0.2, -0.15) is 0 Å². The molecule has 0 radical (unpaired) electrons. The fourth-order valence-corrected chi connectivity index (χ4v) is 3.43. The Bertz CT molecular complexity index is 1000. The number of amides is 1. The molecule has 0 unspecified atom stereocenters. The van der Waals surface area contributed by atoms with Gasteiger partial charge in [0.2, 0.25) is 0 Å². The van der Waals surface area contributed by atoms with Crippen LogP contribution in [0.3, 0.4) is 0 Å². The van der Waals surface area contributed by atoms with Crippen molar-refractivity contribution in [2.75, 3.05) is 41.3 Å². The second-order valence-electron chi connectivity index (χ2n) is 6.90. The molecular weight excluding hydrogens is 369 g/mol. The van der Waals surface area contributed by atoms with E-state index in [0.29, 0.717) is 54.9 Å². The first kappa shape index (κ1) is 18.9. The van der Waals surface area contributed by atoms with Gasteiger partial charge < -0.3 is 15.1 Å². The van der Waals surface area contributed by atoms with Gasteiger partial charge in [0.25, 0.3) is 5.91 Å². The summed E-state index contributed by atoms with van der Waals surface area (Å²) in [7, 11) is 0. The highest BCUT2D eigenvalue weighted by Gasteiger charge is 2.22. The van der Waals surface area contributed by atoms with Gasteiger partial charge in [0.05, 0.1) is 5.69 Å². The molecule has 6 nitrogen and oxygen atoms in total. The molecule has 1 amide bonds. The third-order valence-corrected chi connectivity index (χ3v) is 4.89. The maximum absolute atomic E-state index is 14.0. The van der Waals surface area contributed by atoms with Gasteiger partial charge in [-0.05, 0) is 31.2 Å². The second-order valence-corrected chi connectivity index (χ2v) is 6.90. The smallest absolute Gasteiger partial charge is 0.274 e. The van der Waals surface area contributed by atoms with Crippen molar-refractivity contribution in [1.82, 2.24) is 9.97 Å². The van der Waals surface area contributed by atoms with Crippen molar-refractivity contribution in [2.45, 2.75) is 6.92 Å². The van der Waals surface area contributed by atoms with E-state index in [1.54, 1.807) is 25.1 Å². The fourth-order valence-electron chi connectivity index (χ4n) is 3.43. The lowest BCUT2D eigenvalue weighted by Crippen LogP contribution is -2.47. The molecule has 2 heterocycles. The van der Waals surface area contributed by atoms with E-state index >= 15 is 0 Å². The summed E-state index contributed by atoms with van der Waals surface area (Å²) < 4.78 is 14.0. The Morgan fingerprint density at radius 1 is 0.931 bits per heavy atom. The van der Waals surface area contributed by atoms with E-state index < -0.39 is 0 Å². The van der Waals surface area contributed by atoms with Crippen LogP contribution in [0.1, 0.15) is 16.3 Å². The number of piperazine rings is 1. The number of hydrogen-bond acceptors (Lipinski definition) is 5. The van der Waals surface area contributed by atoms with Crippen LogP contribution in [0.5, 0.6) is 0 Å². The first-order valence-electron chi connectivity index (χ1n) is 9.57. The summed E-state index contributed by atoms with van der Waals surface area (Å²) in [4.78, 5) is 25.5. The minimum atomic E-state index is -0.270. The summed E-state index contributed by atoms with van der Waals surface area (Å²) in [6.45, 7) is 4.50. The Balaban J connectivity index is 1.47. The maximum atomic E-state index is 14.0. The van der Waals surface area contributed by atoms with Crippen LogP contribution in [0.15, 0.2) is 60.7 Å². The summed E-state index contributed by atoms with van der Waals surface area (Å²) in [6.07, 6.45) is 0. The topological polar surface area (TPSA) is 61.4 Å². The molecule has 1 aliphatic rings. The first-order valence-corrected chi connectivity index (χ1v) is 9.57. The number of carbonyl (C=O) groups excluding carboxylic acids is 1. The van der Waals surface area contributed by atoms with Gasteiger partial charge in [0.15, 0.2) is 0 Å². The molecule has 0 spiro atoms. The zero-order valence-corrected chi connectivity index (χ0v) is 16.2. The van der Waals surface area contributed by atoms with Crippen LogP contribution in [0.25, 0.3) is 0 Å². The van der Waals surface area contributed by atoms with Gasteiger partial charge >= 0.3 is 0 Å². The normalized spacial score (nSPS) is 14.0. The number of aromatic nitrogens is 2. The number of benzene rings is 2. The quantitative estimate of drug-likeness (QED) is 0.738. The lowest BCUT2D eigenvalue weighted by Gasteiger charge is -2.36. The van der Waals surface area contributed by atoms with Crippen molar-refractivity contribution in [3.05, 3.63) is 78.0 Å². The minimum Gasteiger partial charge on any atom is -0.366 e. The number of carbonyl (C=O) groups is 1. The molecule has 0 aliphatic carbocycles. The van der Waals surface area contributed by atoms with Crippen molar-refractivity contribution in [3.63, 3.8) is 0 Å². The first-order chi connectivity index (χ1) is 14.1. The summed E-state index contributed by atoms with van der Waals surface area (Å²) in [5.41, 5.74) is 1.66. The summed E-state index contributed by atoms with van der Waals surface area (Å²) in [6, 6.07) is 17.8. The predicted octanol–water partition coefficient (Wildman–Crippen LogP) is 3.50. The molecule has 2 aromatic carbocycles. The van der Waals surface area contributed by atoms with Crippen molar-refractivity contribution >= 4 is 23.1 Å². The Hall–Kier alpha value is -3.48. The van der Waals surface area contributed by atoms with Crippen molar-refractivity contribution in [1.29, 1.82) is 0 Å². The van der Waals surface area contributed by atoms with Crippen LogP contribution in [0.4, 0.5) is 21.6 Å². The zero-order valence-electron chi connectivity index (χ0n) is 16.2. The highest BCUT2D eigenvalue weighted by molar-refractivity contribution is 6.03. The Morgan fingerprint density at radius 3 is 2.31 bits per heavy atom. The van der Waals surface area contributed by atoms with Gasteiger partial charge in [-0.15, -0.1) is 0 Å². The van der Waals surface area contributed by atoms with Gasteiger partial charge in [-0.1, -0.05) is 30.3 Å². The zero-order chi connectivity index (χ0) is 20.2. The average molecular weight is 391 g/mol. The third-order valence-electron chi connectivity index (χ3n) is 4.89. The molecule has 0 saturated carbocycles. The van der Waals surface area contributed by atoms with Crippen LogP contribution in [0, 0.1) is 12.7 Å². The van der Waals surface area contributed by atoms with Gasteiger partial charge in [-0.3, -0.25) is 4.79 Å². The minimum absolute atomic E-state index is 0.210. The van der Waals surface area contributed by atoms with E-state index in [2.05, 4.69) is 20.2 Å². The monoisotopic (exact) mass is 391 g/mol. The molecule has 1 N–H and O–H groups in total. The lowest BCUT2D eigenvalue weighted by molar-refractivity contribution is 0.102. The van der Waals surface area contributed by atoms with Crippen LogP contribution in [-0.2, 0) is 0 Å². The number of halogens is 1. The highest BCUT2D eigenvalue weighted by Crippen LogP contribution is 2.22. The number of rotatable bonds is 4. The Labute approximate surface area is 169 Å². The van der Waals surface area contributed by atoms with E-state index in [0.717, 1.165) is 0 Å². The third kappa shape index (κ3) is 4.34. The number of nitrogens with one attached hydrogen (secondary N) is 1. The van der Waals surface area contributed by atoms with Crippen molar-refractivity contribution in [2.24, 2.45) is 0 Å². The number of para-hydroxylation sites is 2. The Morgan fingerprint density at radius 2 is 1.59 bits per heavy atom. The molecule has 29 heavy (non-hydrogen) atoms. The van der Waals surface area contributed by atoms with Crippen molar-refractivity contribution in [3.8, 4) is 0 Å². The molecule has 3 aromatic rings. The standard InChI is InChI=1S/C22H22FN5O/c1-16-24-19(22(29)26-17-7-3-2-4-8-17)15-21(25-16)28-13-11-27(12-14-28)20-10-6-5-9-18(20)23/h2-10,15H,11-14H2,1H3,(H,26,29). The van der Waals surface area contributed by atoms with Crippen LogP contribution in [0.2, 0.25) is 0 Å². The van der Waals surface area contributed by atoms with E-state index in [1.807, 2.05) is 41.3 Å². The van der Waals surface area contributed by atoms with Crippen LogP contribution in [-0.4, -0.2) is 42.1 Å². The number of nitrogens with zero attached hydrogens (tertiary/aromatic N) is 4. The molecule has 1 saturated heterocycles. The van der Waals surface area contributed by atoms with Crippen LogP contribution >= 0.6 is 0 Å². The van der Waals surface area contributed by atoms with E-state index in [-0.39, 0.29) is 11.7 Å². The van der Waals surface area contributed by atoms with Gasteiger partial charge in [0, 0.05) is 37.9 Å². The molecule has 1 fully saturated rings. The maximum Gasteiger partial charge on any atom is 0.274 e. The Kier molecular flexibility index (Phi) is 5.37. The van der Waals surface area contributed by atoms with E-state index in [4.69, 9.17) is 0 Å². The number of anilines is 3. The summed E-state index contributed by atoms with van der Waals surface area (Å²) in [5, 5.41) is 2.85. The van der Waals surface area contributed by atoms with Gasteiger partial charge in [-0.25, -0.2) is 14.4 Å². The van der Waals surface area contributed by atoms with Crippen molar-refractivity contribution < 1.29 is 9.18 Å². The molecule has 0 bridgehead atoms. The van der Waals surface area contributed by atoms with Gasteiger partial charge in [0.1, 0.15) is 23.2 Å². The molecule has 7 heteroatoms.